The molecule has 0 saturated carbocycles. The minimum absolute atomic E-state index is 0.259. The highest BCUT2D eigenvalue weighted by Crippen LogP contribution is 2.17. The van der Waals surface area contributed by atoms with Gasteiger partial charge in [0, 0.05) is 12.1 Å². The summed E-state index contributed by atoms with van der Waals surface area (Å²) < 4.78 is 5.37. The molecule has 0 aliphatic rings. The van der Waals surface area contributed by atoms with Crippen molar-refractivity contribution < 1.29 is 14.0 Å². The number of furan rings is 1. The number of nitrogens with two attached hydrogens (primary N) is 1. The zero-order valence-electron chi connectivity index (χ0n) is 9.85. The van der Waals surface area contributed by atoms with E-state index in [4.69, 9.17) is 10.2 Å². The lowest BCUT2D eigenvalue weighted by atomic mass is 10.1. The molecule has 98 valence electrons. The Morgan fingerprint density at radius 3 is 2.74 bits per heavy atom. The van der Waals surface area contributed by atoms with E-state index < -0.39 is 5.91 Å². The second kappa shape index (κ2) is 5.71. The molecule has 6 heteroatoms. The van der Waals surface area contributed by atoms with Crippen LogP contribution in [-0.2, 0) is 6.54 Å². The Hall–Kier alpha value is -2.08. The van der Waals surface area contributed by atoms with Crippen LogP contribution in [0.25, 0.3) is 0 Å². The van der Waals surface area contributed by atoms with Crippen LogP contribution in [-0.4, -0.2) is 11.8 Å². The van der Waals surface area contributed by atoms with Gasteiger partial charge in [-0.2, -0.15) is 0 Å². The van der Waals surface area contributed by atoms with Crippen LogP contribution in [0.4, 0.5) is 0 Å². The van der Waals surface area contributed by atoms with Gasteiger partial charge in [-0.05, 0) is 39.7 Å². The molecular formula is C13H11BrN2O3. The predicted molar refractivity (Wildman–Crippen MR) is 72.5 cm³/mol. The smallest absolute Gasteiger partial charge is 0.256 e. The van der Waals surface area contributed by atoms with Gasteiger partial charge in [0.1, 0.15) is 0 Å². The van der Waals surface area contributed by atoms with Crippen LogP contribution in [0, 0.1) is 0 Å². The van der Waals surface area contributed by atoms with E-state index in [1.54, 1.807) is 30.3 Å². The first-order valence-electron chi connectivity index (χ1n) is 5.48. The molecule has 2 aromatic rings. The van der Waals surface area contributed by atoms with Crippen molar-refractivity contribution in [3.63, 3.8) is 0 Å². The molecule has 5 nitrogen and oxygen atoms in total. The van der Waals surface area contributed by atoms with Gasteiger partial charge in [0.15, 0.2) is 4.67 Å². The van der Waals surface area contributed by atoms with Crippen LogP contribution in [0.1, 0.15) is 26.3 Å². The third kappa shape index (κ3) is 3.23. The fourth-order valence-corrected chi connectivity index (χ4v) is 1.99. The number of benzene rings is 1. The van der Waals surface area contributed by atoms with E-state index in [0.717, 1.165) is 5.56 Å². The standard InChI is InChI=1S/C13H11BrN2O3/c14-11-10(4-5-19-11)13(18)16-7-8-2-1-3-9(6-8)12(15)17/h1-6H,7H2,(H2,15,17)(H,16,18). The monoisotopic (exact) mass is 322 g/mol. The summed E-state index contributed by atoms with van der Waals surface area (Å²) in [6.07, 6.45) is 1.42. The first-order chi connectivity index (χ1) is 9.08. The average molecular weight is 323 g/mol. The third-order valence-corrected chi connectivity index (χ3v) is 3.14. The van der Waals surface area contributed by atoms with E-state index in [-0.39, 0.29) is 5.91 Å². The third-order valence-electron chi connectivity index (χ3n) is 2.53. The topological polar surface area (TPSA) is 85.3 Å². The van der Waals surface area contributed by atoms with Crippen molar-refractivity contribution in [3.05, 3.63) is 58.0 Å². The van der Waals surface area contributed by atoms with Crippen molar-refractivity contribution in [2.24, 2.45) is 5.73 Å². The summed E-state index contributed by atoms with van der Waals surface area (Å²) >= 11 is 3.14. The number of rotatable bonds is 4. The second-order valence-electron chi connectivity index (χ2n) is 3.86. The van der Waals surface area contributed by atoms with Gasteiger partial charge in [0.05, 0.1) is 11.8 Å². The molecule has 0 radical (unpaired) electrons. The van der Waals surface area contributed by atoms with Crippen molar-refractivity contribution in [2.45, 2.75) is 6.54 Å². The minimum Gasteiger partial charge on any atom is -0.457 e. The fourth-order valence-electron chi connectivity index (χ4n) is 1.57. The highest BCUT2D eigenvalue weighted by Gasteiger charge is 2.12. The van der Waals surface area contributed by atoms with Crippen molar-refractivity contribution in [1.82, 2.24) is 5.32 Å². The van der Waals surface area contributed by atoms with Gasteiger partial charge in [0.2, 0.25) is 5.91 Å². The molecule has 0 unspecified atom stereocenters. The van der Waals surface area contributed by atoms with Crippen molar-refractivity contribution in [1.29, 1.82) is 0 Å². The van der Waals surface area contributed by atoms with Crippen LogP contribution in [0.3, 0.4) is 0 Å². The molecule has 0 aliphatic carbocycles. The van der Waals surface area contributed by atoms with E-state index in [1.165, 1.54) is 6.26 Å². The Balaban J connectivity index is 2.03. The molecule has 0 fully saturated rings. The minimum atomic E-state index is -0.495. The van der Waals surface area contributed by atoms with E-state index in [0.29, 0.717) is 22.3 Å². The van der Waals surface area contributed by atoms with Crippen LogP contribution >= 0.6 is 15.9 Å². The van der Waals surface area contributed by atoms with E-state index in [9.17, 15) is 9.59 Å². The van der Waals surface area contributed by atoms with Gasteiger partial charge in [0.25, 0.3) is 5.91 Å². The maximum absolute atomic E-state index is 11.8. The Kier molecular flexibility index (Phi) is 4.01. The van der Waals surface area contributed by atoms with Crippen molar-refractivity contribution >= 4 is 27.7 Å². The summed E-state index contributed by atoms with van der Waals surface area (Å²) in [4.78, 5) is 22.9. The molecule has 2 amide bonds. The van der Waals surface area contributed by atoms with Crippen LogP contribution < -0.4 is 11.1 Å². The molecule has 0 saturated heterocycles. The van der Waals surface area contributed by atoms with Gasteiger partial charge in [-0.1, -0.05) is 12.1 Å². The first kappa shape index (κ1) is 13.4. The Labute approximate surface area is 117 Å². The number of hydrogen-bond donors (Lipinski definition) is 2. The molecular weight excluding hydrogens is 312 g/mol. The van der Waals surface area contributed by atoms with E-state index in [1.807, 2.05) is 0 Å². The second-order valence-corrected chi connectivity index (χ2v) is 4.58. The highest BCUT2D eigenvalue weighted by atomic mass is 79.9. The molecule has 0 atom stereocenters. The van der Waals surface area contributed by atoms with Crippen LogP contribution in [0.5, 0.6) is 0 Å². The molecule has 0 aliphatic heterocycles. The number of carbonyl (C=O) groups excluding carboxylic acids is 2. The summed E-state index contributed by atoms with van der Waals surface area (Å²) in [6, 6.07) is 8.36. The molecule has 0 bridgehead atoms. The molecule has 1 aromatic carbocycles. The summed E-state index contributed by atoms with van der Waals surface area (Å²) in [6.45, 7) is 0.303. The maximum atomic E-state index is 11.8. The quantitative estimate of drug-likeness (QED) is 0.903. The van der Waals surface area contributed by atoms with E-state index in [2.05, 4.69) is 21.2 Å². The van der Waals surface area contributed by atoms with Crippen LogP contribution in [0.15, 0.2) is 45.7 Å². The molecule has 2 rings (SSSR count). The lowest BCUT2D eigenvalue weighted by molar-refractivity contribution is 0.0948. The van der Waals surface area contributed by atoms with Crippen LogP contribution in [0.2, 0.25) is 0 Å². The molecule has 19 heavy (non-hydrogen) atoms. The number of amides is 2. The number of hydrogen-bond acceptors (Lipinski definition) is 3. The largest absolute Gasteiger partial charge is 0.457 e. The van der Waals surface area contributed by atoms with Gasteiger partial charge >= 0.3 is 0 Å². The zero-order chi connectivity index (χ0) is 13.8. The van der Waals surface area contributed by atoms with Gasteiger partial charge in [-0.25, -0.2) is 0 Å². The Bertz CT molecular complexity index is 622. The SMILES string of the molecule is NC(=O)c1cccc(CNC(=O)c2ccoc2Br)c1. The normalized spacial score (nSPS) is 10.2. The Morgan fingerprint density at radius 1 is 1.32 bits per heavy atom. The number of halogens is 1. The maximum Gasteiger partial charge on any atom is 0.256 e. The van der Waals surface area contributed by atoms with Crippen molar-refractivity contribution in [3.8, 4) is 0 Å². The summed E-state index contributed by atoms with van der Waals surface area (Å²) in [5.41, 5.74) is 6.82. The summed E-state index contributed by atoms with van der Waals surface area (Å²) in [7, 11) is 0. The highest BCUT2D eigenvalue weighted by molar-refractivity contribution is 9.10. The van der Waals surface area contributed by atoms with Gasteiger partial charge in [-0.15, -0.1) is 0 Å². The summed E-state index contributed by atoms with van der Waals surface area (Å²) in [5.74, 6) is -0.754. The first-order valence-corrected chi connectivity index (χ1v) is 6.27. The average Bonchev–Trinajstić information content (AvgIpc) is 2.82. The number of primary amides is 1. The zero-order valence-corrected chi connectivity index (χ0v) is 11.4. The molecule has 0 spiro atoms. The van der Waals surface area contributed by atoms with Gasteiger partial charge in [-0.3, -0.25) is 9.59 Å². The fraction of sp³-hybridized carbons (Fsp3) is 0.0769. The lowest BCUT2D eigenvalue weighted by Crippen LogP contribution is -2.23. The summed E-state index contributed by atoms with van der Waals surface area (Å²) in [5, 5.41) is 2.73. The van der Waals surface area contributed by atoms with Crippen molar-refractivity contribution in [2.75, 3.05) is 0 Å². The molecule has 1 aromatic heterocycles. The number of carbonyl (C=O) groups is 2. The number of nitrogens with one attached hydrogen (secondary N) is 1. The van der Waals surface area contributed by atoms with E-state index >= 15 is 0 Å². The lowest BCUT2D eigenvalue weighted by Gasteiger charge is -2.05. The van der Waals surface area contributed by atoms with Gasteiger partial charge < -0.3 is 15.5 Å². The molecule has 1 heterocycles. The Morgan fingerprint density at radius 2 is 2.11 bits per heavy atom. The molecule has 3 N–H and O–H groups in total. The predicted octanol–water partition coefficient (Wildman–Crippen LogP) is 2.07.